The molecule has 2 aliphatic rings. The van der Waals surface area contributed by atoms with Crippen LogP contribution in [0.1, 0.15) is 25.5 Å². The van der Waals surface area contributed by atoms with Gasteiger partial charge in [0.05, 0.1) is 12.6 Å². The van der Waals surface area contributed by atoms with E-state index in [1.807, 2.05) is 24.3 Å². The van der Waals surface area contributed by atoms with Crippen molar-refractivity contribution in [3.63, 3.8) is 0 Å². The maximum atomic E-state index is 12.2. The highest BCUT2D eigenvalue weighted by atomic mass is 16.5. The number of hydrogen-bond donors (Lipinski definition) is 2. The number of esters is 1. The molecule has 106 valence electrons. The molecule has 0 aromatic heterocycles. The number of carbonyl (C=O) groups excluding carboxylic acids is 2. The number of urea groups is 1. The number of ether oxygens (including phenoxy) is 2. The molecule has 2 amide bonds. The normalized spacial score (nSPS) is 30.4. The first-order valence-electron chi connectivity index (χ1n) is 6.58. The Kier molecular flexibility index (Phi) is 2.81. The molecule has 2 N–H and O–H groups in total. The maximum Gasteiger partial charge on any atom is 0.318 e. The number of hydrogen-bond acceptors (Lipinski definition) is 4. The van der Waals surface area contributed by atoms with Gasteiger partial charge >= 0.3 is 12.0 Å². The number of rotatable bonds is 2. The minimum atomic E-state index is -1.10. The van der Waals surface area contributed by atoms with Gasteiger partial charge < -0.3 is 14.8 Å². The second-order valence-corrected chi connectivity index (χ2v) is 5.05. The van der Waals surface area contributed by atoms with Crippen molar-refractivity contribution in [1.82, 2.24) is 10.6 Å². The molecule has 3 atom stereocenters. The molecule has 2 aliphatic heterocycles. The number of nitrogens with one attached hydrogen (secondary N) is 2. The lowest BCUT2D eigenvalue weighted by Gasteiger charge is -2.48. The molecule has 20 heavy (non-hydrogen) atoms. The first-order chi connectivity index (χ1) is 9.55. The van der Waals surface area contributed by atoms with Crippen LogP contribution in [0.3, 0.4) is 0 Å². The summed E-state index contributed by atoms with van der Waals surface area (Å²) < 4.78 is 11.0. The van der Waals surface area contributed by atoms with Crippen molar-refractivity contribution >= 4 is 12.0 Å². The summed E-state index contributed by atoms with van der Waals surface area (Å²) in [6.45, 7) is 3.73. The van der Waals surface area contributed by atoms with Gasteiger partial charge in [0, 0.05) is 5.56 Å². The van der Waals surface area contributed by atoms with Crippen LogP contribution >= 0.6 is 0 Å². The highest BCUT2D eigenvalue weighted by molar-refractivity contribution is 5.84. The van der Waals surface area contributed by atoms with E-state index in [1.165, 1.54) is 0 Å². The van der Waals surface area contributed by atoms with Gasteiger partial charge in [-0.3, -0.25) is 10.1 Å². The summed E-state index contributed by atoms with van der Waals surface area (Å²) in [4.78, 5) is 24.0. The molecule has 0 radical (unpaired) electrons. The topological polar surface area (TPSA) is 76.7 Å². The lowest BCUT2D eigenvalue weighted by Crippen LogP contribution is -2.70. The Morgan fingerprint density at radius 3 is 2.95 bits per heavy atom. The Labute approximate surface area is 116 Å². The van der Waals surface area contributed by atoms with Crippen LogP contribution in [0.2, 0.25) is 0 Å². The quantitative estimate of drug-likeness (QED) is 0.799. The van der Waals surface area contributed by atoms with E-state index in [0.29, 0.717) is 5.75 Å². The first kappa shape index (κ1) is 12.8. The summed E-state index contributed by atoms with van der Waals surface area (Å²) in [5.41, 5.74) is -0.314. The number of para-hydroxylation sites is 1. The SMILES string of the molecule is CCOC(=O)[C@@H]1[C@@H]2NC(=O)NC1(C)Oc1ccccc12. The molecule has 6 nitrogen and oxygen atoms in total. The van der Waals surface area contributed by atoms with Gasteiger partial charge in [0.15, 0.2) is 5.72 Å². The Hall–Kier alpha value is -2.24. The van der Waals surface area contributed by atoms with Gasteiger partial charge in [0.25, 0.3) is 0 Å². The molecule has 1 aromatic rings. The number of fused-ring (bicyclic) bond motifs is 4. The van der Waals surface area contributed by atoms with Gasteiger partial charge in [-0.15, -0.1) is 0 Å². The molecule has 0 aliphatic carbocycles. The molecule has 6 heteroatoms. The van der Waals surface area contributed by atoms with Crippen molar-refractivity contribution < 1.29 is 19.1 Å². The van der Waals surface area contributed by atoms with Crippen LogP contribution in [0, 0.1) is 5.92 Å². The van der Waals surface area contributed by atoms with Crippen LogP contribution in [0.4, 0.5) is 4.79 Å². The van der Waals surface area contributed by atoms with E-state index in [4.69, 9.17) is 9.47 Å². The minimum Gasteiger partial charge on any atom is -0.467 e. The van der Waals surface area contributed by atoms with Gasteiger partial charge in [-0.1, -0.05) is 18.2 Å². The molecule has 0 spiro atoms. The molecule has 1 saturated heterocycles. The van der Waals surface area contributed by atoms with Gasteiger partial charge in [-0.05, 0) is 19.9 Å². The van der Waals surface area contributed by atoms with E-state index < -0.39 is 17.7 Å². The Bertz CT molecular complexity index is 574. The third-order valence-electron chi connectivity index (χ3n) is 3.69. The molecule has 2 heterocycles. The summed E-state index contributed by atoms with van der Waals surface area (Å²) in [6, 6.07) is 6.56. The zero-order valence-corrected chi connectivity index (χ0v) is 11.3. The highest BCUT2D eigenvalue weighted by Gasteiger charge is 2.56. The fourth-order valence-electron chi connectivity index (χ4n) is 2.88. The lowest BCUT2D eigenvalue weighted by molar-refractivity contribution is -0.162. The molecular weight excluding hydrogens is 260 g/mol. The third kappa shape index (κ3) is 1.79. The Balaban J connectivity index is 2.08. The van der Waals surface area contributed by atoms with Crippen LogP contribution in [0.25, 0.3) is 0 Å². The summed E-state index contributed by atoms with van der Waals surface area (Å²) >= 11 is 0. The predicted molar refractivity (Wildman–Crippen MR) is 70.0 cm³/mol. The molecule has 1 aromatic carbocycles. The number of amides is 2. The second-order valence-electron chi connectivity index (χ2n) is 5.05. The largest absolute Gasteiger partial charge is 0.467 e. The van der Waals surface area contributed by atoms with E-state index in [1.54, 1.807) is 13.8 Å². The van der Waals surface area contributed by atoms with Gasteiger partial charge in [0.1, 0.15) is 11.7 Å². The molecular formula is C14H16N2O4. The van der Waals surface area contributed by atoms with Gasteiger partial charge in [-0.25, -0.2) is 4.79 Å². The zero-order valence-electron chi connectivity index (χ0n) is 11.3. The van der Waals surface area contributed by atoms with Crippen molar-refractivity contribution in [3.8, 4) is 5.75 Å². The monoisotopic (exact) mass is 276 g/mol. The molecule has 2 bridgehead atoms. The highest BCUT2D eigenvalue weighted by Crippen LogP contribution is 2.44. The van der Waals surface area contributed by atoms with Crippen LogP contribution in [0.5, 0.6) is 5.75 Å². The summed E-state index contributed by atoms with van der Waals surface area (Å²) in [5.74, 6) is -0.356. The van der Waals surface area contributed by atoms with E-state index in [9.17, 15) is 9.59 Å². The zero-order chi connectivity index (χ0) is 14.3. The minimum absolute atomic E-state index is 0.285. The summed E-state index contributed by atoms with van der Waals surface area (Å²) in [6.07, 6.45) is 0. The number of benzene rings is 1. The average Bonchev–Trinajstić information content (AvgIpc) is 2.37. The predicted octanol–water partition coefficient (Wildman–Crippen LogP) is 1.33. The molecule has 1 fully saturated rings. The van der Waals surface area contributed by atoms with Crippen LogP contribution in [-0.2, 0) is 9.53 Å². The van der Waals surface area contributed by atoms with Crippen LogP contribution in [0.15, 0.2) is 24.3 Å². The van der Waals surface area contributed by atoms with E-state index in [-0.39, 0.29) is 18.6 Å². The Morgan fingerprint density at radius 1 is 1.45 bits per heavy atom. The molecule has 0 saturated carbocycles. The standard InChI is InChI=1S/C14H16N2O4/c1-3-19-12(17)10-11-8-6-4-5-7-9(8)20-14(10,2)16-13(18)15-11/h4-7,10-11H,3H2,1-2H3,(H2,15,16,18)/t10-,11+,14?/m0/s1. The van der Waals surface area contributed by atoms with Crippen LogP contribution < -0.4 is 15.4 Å². The van der Waals surface area contributed by atoms with E-state index in [2.05, 4.69) is 10.6 Å². The van der Waals surface area contributed by atoms with Crippen molar-refractivity contribution in [2.45, 2.75) is 25.6 Å². The fraction of sp³-hybridized carbons (Fsp3) is 0.429. The second kappa shape index (κ2) is 4.40. The van der Waals surface area contributed by atoms with Crippen molar-refractivity contribution in [2.24, 2.45) is 5.92 Å². The molecule has 3 rings (SSSR count). The summed E-state index contributed by atoms with van der Waals surface area (Å²) in [5, 5.41) is 5.47. The lowest BCUT2D eigenvalue weighted by atomic mass is 9.80. The Morgan fingerprint density at radius 2 is 2.20 bits per heavy atom. The van der Waals surface area contributed by atoms with Gasteiger partial charge in [-0.2, -0.15) is 0 Å². The van der Waals surface area contributed by atoms with Crippen molar-refractivity contribution in [3.05, 3.63) is 29.8 Å². The van der Waals surface area contributed by atoms with Crippen LogP contribution in [-0.4, -0.2) is 24.3 Å². The maximum absolute atomic E-state index is 12.2. The number of carbonyl (C=O) groups is 2. The van der Waals surface area contributed by atoms with Gasteiger partial charge in [0.2, 0.25) is 0 Å². The fourth-order valence-corrected chi connectivity index (χ4v) is 2.88. The smallest absolute Gasteiger partial charge is 0.318 e. The first-order valence-corrected chi connectivity index (χ1v) is 6.58. The average molecular weight is 276 g/mol. The van der Waals surface area contributed by atoms with Crippen molar-refractivity contribution in [2.75, 3.05) is 6.61 Å². The van der Waals surface area contributed by atoms with E-state index in [0.717, 1.165) is 5.56 Å². The van der Waals surface area contributed by atoms with Crippen molar-refractivity contribution in [1.29, 1.82) is 0 Å². The molecule has 1 unspecified atom stereocenters. The summed E-state index contributed by atoms with van der Waals surface area (Å²) in [7, 11) is 0. The van der Waals surface area contributed by atoms with E-state index >= 15 is 0 Å². The third-order valence-corrected chi connectivity index (χ3v) is 3.69.